The average molecular weight is 395 g/mol. The zero-order valence-corrected chi connectivity index (χ0v) is 14.5. The fourth-order valence-corrected chi connectivity index (χ4v) is 3.33. The molecule has 3 heterocycles. The number of aliphatic hydroxyl groups is 3. The molecule has 4 rings (SSSR count). The van der Waals surface area contributed by atoms with Crippen LogP contribution in [0.15, 0.2) is 30.6 Å². The molecule has 1 fully saturated rings. The largest absolute Gasteiger partial charge is 0.387 e. The first-order valence-corrected chi connectivity index (χ1v) is 8.42. The van der Waals surface area contributed by atoms with Gasteiger partial charge in [-0.2, -0.15) is 0 Å². The van der Waals surface area contributed by atoms with Gasteiger partial charge in [0.2, 0.25) is 0 Å². The van der Waals surface area contributed by atoms with Gasteiger partial charge in [-0.3, -0.25) is 0 Å². The molecule has 0 aliphatic carbocycles. The summed E-state index contributed by atoms with van der Waals surface area (Å²) in [4.78, 5) is 8.05. The summed E-state index contributed by atoms with van der Waals surface area (Å²) in [5.41, 5.74) is 0.0988. The van der Waals surface area contributed by atoms with Crippen molar-refractivity contribution in [3.05, 3.63) is 59.4 Å². The molecule has 1 aliphatic rings. The van der Waals surface area contributed by atoms with Crippen LogP contribution in [0.4, 0.5) is 13.2 Å². The van der Waals surface area contributed by atoms with Crippen LogP contribution in [-0.4, -0.2) is 48.2 Å². The second-order valence-corrected chi connectivity index (χ2v) is 6.63. The monoisotopic (exact) mass is 395 g/mol. The molecule has 7 nitrogen and oxygen atoms in total. The molecule has 3 aromatic rings. The molecule has 1 aliphatic heterocycles. The molecule has 10 heteroatoms. The van der Waals surface area contributed by atoms with Crippen LogP contribution >= 0.6 is 0 Å². The molecule has 0 saturated carbocycles. The molecule has 0 radical (unpaired) electrons. The van der Waals surface area contributed by atoms with Crippen LogP contribution in [0.25, 0.3) is 11.0 Å². The minimum absolute atomic E-state index is 0.0440. The molecule has 0 spiro atoms. The Morgan fingerprint density at radius 1 is 1.11 bits per heavy atom. The SMILES string of the molecule is Cc1ncc2c(F)cn([C@@H]3O[C@H]([C@H](O)c4ccc(F)c(F)c4)[C@@H](O)[C@H]3O)c2n1. The predicted octanol–water partition coefficient (Wildman–Crippen LogP) is 1.51. The second-order valence-electron chi connectivity index (χ2n) is 6.63. The van der Waals surface area contributed by atoms with Gasteiger partial charge < -0.3 is 24.6 Å². The lowest BCUT2D eigenvalue weighted by Gasteiger charge is -2.21. The quantitative estimate of drug-likeness (QED) is 0.622. The van der Waals surface area contributed by atoms with Crippen molar-refractivity contribution in [1.29, 1.82) is 0 Å². The van der Waals surface area contributed by atoms with Crippen LogP contribution in [0, 0.1) is 24.4 Å². The number of aromatic nitrogens is 3. The number of ether oxygens (including phenoxy) is 1. The Labute approximate surface area is 156 Å². The number of nitrogens with zero attached hydrogens (tertiary/aromatic N) is 3. The van der Waals surface area contributed by atoms with Crippen molar-refractivity contribution in [3.8, 4) is 0 Å². The Balaban J connectivity index is 1.68. The van der Waals surface area contributed by atoms with Crippen molar-refractivity contribution >= 4 is 11.0 Å². The Hall–Kier alpha value is -2.53. The smallest absolute Gasteiger partial charge is 0.164 e. The van der Waals surface area contributed by atoms with Crippen LogP contribution in [0.1, 0.15) is 23.7 Å². The molecule has 0 amide bonds. The Morgan fingerprint density at radius 2 is 1.86 bits per heavy atom. The van der Waals surface area contributed by atoms with E-state index in [4.69, 9.17) is 4.74 Å². The van der Waals surface area contributed by atoms with Crippen molar-refractivity contribution in [2.45, 2.75) is 37.6 Å². The van der Waals surface area contributed by atoms with Crippen molar-refractivity contribution in [2.24, 2.45) is 0 Å². The second kappa shape index (κ2) is 6.82. The molecule has 28 heavy (non-hydrogen) atoms. The fraction of sp³-hybridized carbons (Fsp3) is 0.333. The molecule has 0 bridgehead atoms. The molecule has 1 aromatic carbocycles. The number of halogens is 3. The summed E-state index contributed by atoms with van der Waals surface area (Å²) < 4.78 is 47.6. The molecular formula is C18H16F3N3O4. The topological polar surface area (TPSA) is 101 Å². The van der Waals surface area contributed by atoms with E-state index in [9.17, 15) is 28.5 Å². The highest BCUT2D eigenvalue weighted by Crippen LogP contribution is 2.38. The Kier molecular flexibility index (Phi) is 4.58. The van der Waals surface area contributed by atoms with Gasteiger partial charge in [0.15, 0.2) is 23.7 Å². The van der Waals surface area contributed by atoms with E-state index in [1.54, 1.807) is 6.92 Å². The predicted molar refractivity (Wildman–Crippen MR) is 89.5 cm³/mol. The minimum Gasteiger partial charge on any atom is -0.387 e. The third-order valence-electron chi connectivity index (χ3n) is 4.79. The van der Waals surface area contributed by atoms with E-state index in [0.717, 1.165) is 24.4 Å². The van der Waals surface area contributed by atoms with Crippen molar-refractivity contribution in [1.82, 2.24) is 14.5 Å². The molecule has 1 saturated heterocycles. The highest BCUT2D eigenvalue weighted by atomic mass is 19.2. The number of fused-ring (bicyclic) bond motifs is 1. The minimum atomic E-state index is -1.57. The first kappa shape index (κ1) is 18.8. The van der Waals surface area contributed by atoms with Crippen LogP contribution < -0.4 is 0 Å². The zero-order chi connectivity index (χ0) is 20.2. The lowest BCUT2D eigenvalue weighted by Crippen LogP contribution is -2.34. The van der Waals surface area contributed by atoms with Crippen molar-refractivity contribution in [3.63, 3.8) is 0 Å². The summed E-state index contributed by atoms with van der Waals surface area (Å²) in [6.07, 6.45) is -4.96. The van der Waals surface area contributed by atoms with Gasteiger partial charge in [-0.1, -0.05) is 6.07 Å². The summed E-state index contributed by atoms with van der Waals surface area (Å²) in [7, 11) is 0. The third kappa shape index (κ3) is 2.94. The highest BCUT2D eigenvalue weighted by Gasteiger charge is 2.47. The van der Waals surface area contributed by atoms with Gasteiger partial charge in [0.25, 0.3) is 0 Å². The highest BCUT2D eigenvalue weighted by molar-refractivity contribution is 5.76. The van der Waals surface area contributed by atoms with E-state index in [1.807, 2.05) is 0 Å². The van der Waals surface area contributed by atoms with Gasteiger partial charge in [0, 0.05) is 12.4 Å². The van der Waals surface area contributed by atoms with E-state index < -0.39 is 48.1 Å². The van der Waals surface area contributed by atoms with Crippen LogP contribution in [0.3, 0.4) is 0 Å². The Bertz CT molecular complexity index is 1040. The van der Waals surface area contributed by atoms with Gasteiger partial charge in [0.05, 0.1) is 5.39 Å². The van der Waals surface area contributed by atoms with E-state index in [1.165, 1.54) is 10.8 Å². The first-order chi connectivity index (χ1) is 13.3. The first-order valence-electron chi connectivity index (χ1n) is 8.42. The normalized spacial score (nSPS) is 26.1. The molecule has 148 valence electrons. The zero-order valence-electron chi connectivity index (χ0n) is 14.5. The van der Waals surface area contributed by atoms with Crippen LogP contribution in [0.5, 0.6) is 0 Å². The standard InChI is InChI=1S/C18H16F3N3O4/c1-7-22-5-9-12(21)6-24(17(9)23-7)18-15(27)14(26)16(28-18)13(25)8-2-3-10(19)11(20)4-8/h2-6,13-16,18,25-27H,1H3/t13-,14+,15-,16-,18-/m1/s1. The summed E-state index contributed by atoms with van der Waals surface area (Å²) in [5.74, 6) is -2.55. The van der Waals surface area contributed by atoms with Crippen LogP contribution in [-0.2, 0) is 4.74 Å². The van der Waals surface area contributed by atoms with Gasteiger partial charge >= 0.3 is 0 Å². The average Bonchev–Trinajstić information content (AvgIpc) is 3.14. The summed E-state index contributed by atoms with van der Waals surface area (Å²) in [5, 5.41) is 31.3. The number of hydrogen-bond donors (Lipinski definition) is 3. The number of rotatable bonds is 3. The maximum absolute atomic E-state index is 14.2. The summed E-state index contributed by atoms with van der Waals surface area (Å²) in [6.45, 7) is 1.60. The Morgan fingerprint density at radius 3 is 2.57 bits per heavy atom. The van der Waals surface area contributed by atoms with Crippen molar-refractivity contribution in [2.75, 3.05) is 0 Å². The van der Waals surface area contributed by atoms with Gasteiger partial charge in [-0.15, -0.1) is 0 Å². The summed E-state index contributed by atoms with van der Waals surface area (Å²) in [6, 6.07) is 2.74. The van der Waals surface area contributed by atoms with Crippen molar-refractivity contribution < 1.29 is 33.2 Å². The number of hydrogen-bond acceptors (Lipinski definition) is 6. The third-order valence-corrected chi connectivity index (χ3v) is 4.79. The van der Waals surface area contributed by atoms with Gasteiger partial charge in [0.1, 0.15) is 35.9 Å². The number of benzene rings is 1. The van der Waals surface area contributed by atoms with Crippen LogP contribution in [0.2, 0.25) is 0 Å². The van der Waals surface area contributed by atoms with Gasteiger partial charge in [-0.25, -0.2) is 23.1 Å². The number of aliphatic hydroxyl groups excluding tert-OH is 3. The van der Waals surface area contributed by atoms with Gasteiger partial charge in [-0.05, 0) is 24.6 Å². The maximum Gasteiger partial charge on any atom is 0.164 e. The fourth-order valence-electron chi connectivity index (χ4n) is 3.33. The lowest BCUT2D eigenvalue weighted by molar-refractivity contribution is -0.0850. The van der Waals surface area contributed by atoms with E-state index in [0.29, 0.717) is 5.82 Å². The van der Waals surface area contributed by atoms with E-state index in [-0.39, 0.29) is 16.6 Å². The number of aryl methyl sites for hydroxylation is 1. The molecular weight excluding hydrogens is 379 g/mol. The lowest BCUT2D eigenvalue weighted by atomic mass is 9.99. The molecule has 2 aromatic heterocycles. The molecule has 5 atom stereocenters. The maximum atomic E-state index is 14.2. The van der Waals surface area contributed by atoms with E-state index >= 15 is 0 Å². The molecule has 0 unspecified atom stereocenters. The molecule has 3 N–H and O–H groups in total. The summed E-state index contributed by atoms with van der Waals surface area (Å²) >= 11 is 0. The van der Waals surface area contributed by atoms with E-state index in [2.05, 4.69) is 9.97 Å².